The minimum absolute atomic E-state index is 0.120. The van der Waals surface area contributed by atoms with Gasteiger partial charge in [-0.25, -0.2) is 0 Å². The van der Waals surface area contributed by atoms with Crippen LogP contribution >= 0.6 is 15.9 Å². The Morgan fingerprint density at radius 3 is 2.93 bits per heavy atom. The zero-order valence-electron chi connectivity index (χ0n) is 8.51. The Morgan fingerprint density at radius 2 is 2.27 bits per heavy atom. The van der Waals surface area contributed by atoms with Gasteiger partial charge in [-0.05, 0) is 12.0 Å². The maximum atomic E-state index is 11.6. The lowest BCUT2D eigenvalue weighted by molar-refractivity contribution is 0.102. The predicted molar refractivity (Wildman–Crippen MR) is 65.8 cm³/mol. The molecule has 0 fully saturated rings. The van der Waals surface area contributed by atoms with Gasteiger partial charge < -0.3 is 4.98 Å². The van der Waals surface area contributed by atoms with Crippen LogP contribution in [-0.2, 0) is 6.42 Å². The number of Topliss-reactive ketones (excluding diaryl/α,β-unsaturated/α-hetero) is 1. The van der Waals surface area contributed by atoms with Crippen LogP contribution in [0.1, 0.15) is 22.8 Å². The average molecular weight is 266 g/mol. The summed E-state index contributed by atoms with van der Waals surface area (Å²) >= 11 is 3.19. The monoisotopic (exact) mass is 265 g/mol. The first-order valence-corrected chi connectivity index (χ1v) is 6.08. The summed E-state index contributed by atoms with van der Waals surface area (Å²) in [7, 11) is 0. The van der Waals surface area contributed by atoms with Gasteiger partial charge in [-0.15, -0.1) is 0 Å². The lowest BCUT2D eigenvalue weighted by Gasteiger charge is -1.99. The van der Waals surface area contributed by atoms with Gasteiger partial charge in [0.15, 0.2) is 5.78 Å². The number of alkyl halides is 1. The van der Waals surface area contributed by atoms with E-state index in [9.17, 15) is 4.79 Å². The molecule has 1 aromatic heterocycles. The molecule has 0 atom stereocenters. The van der Waals surface area contributed by atoms with Crippen molar-refractivity contribution in [1.82, 2.24) is 4.98 Å². The van der Waals surface area contributed by atoms with Crippen molar-refractivity contribution >= 4 is 32.6 Å². The number of ketones is 1. The van der Waals surface area contributed by atoms with E-state index in [2.05, 4.69) is 33.9 Å². The van der Waals surface area contributed by atoms with Gasteiger partial charge in [0, 0.05) is 22.7 Å². The number of para-hydroxylation sites is 1. The fraction of sp³-hybridized carbons (Fsp3) is 0.250. The van der Waals surface area contributed by atoms with Crippen LogP contribution < -0.4 is 0 Å². The molecular formula is C12H12BrNO. The first kappa shape index (κ1) is 10.4. The van der Waals surface area contributed by atoms with Crippen LogP contribution in [0.2, 0.25) is 0 Å². The molecule has 1 aromatic carbocycles. The first-order valence-electron chi connectivity index (χ1n) is 4.96. The van der Waals surface area contributed by atoms with Crippen molar-refractivity contribution in [2.24, 2.45) is 0 Å². The minimum atomic E-state index is 0.120. The van der Waals surface area contributed by atoms with Gasteiger partial charge in [0.2, 0.25) is 0 Å². The van der Waals surface area contributed by atoms with Crippen LogP contribution in [0.25, 0.3) is 10.9 Å². The van der Waals surface area contributed by atoms with Crippen molar-refractivity contribution in [3.05, 3.63) is 35.5 Å². The molecule has 78 valence electrons. The van der Waals surface area contributed by atoms with E-state index in [1.54, 1.807) is 6.20 Å². The number of H-pyrrole nitrogens is 1. The highest BCUT2D eigenvalue weighted by Gasteiger charge is 2.11. The topological polar surface area (TPSA) is 32.9 Å². The number of rotatable bonds is 3. The summed E-state index contributed by atoms with van der Waals surface area (Å²) in [6, 6.07) is 6.07. The molecule has 0 radical (unpaired) electrons. The van der Waals surface area contributed by atoms with E-state index >= 15 is 0 Å². The summed E-state index contributed by atoms with van der Waals surface area (Å²) in [6.45, 7) is 2.11. The molecule has 3 heteroatoms. The molecule has 0 bridgehead atoms. The molecule has 0 aliphatic heterocycles. The summed E-state index contributed by atoms with van der Waals surface area (Å²) < 4.78 is 0. The number of hydrogen-bond acceptors (Lipinski definition) is 1. The van der Waals surface area contributed by atoms with Crippen molar-refractivity contribution < 1.29 is 4.79 Å². The SMILES string of the molecule is CCc1cccc2c(C(=O)CBr)c[nH]c12. The van der Waals surface area contributed by atoms with Crippen LogP contribution in [0.5, 0.6) is 0 Å². The van der Waals surface area contributed by atoms with Gasteiger partial charge in [0.1, 0.15) is 0 Å². The molecule has 2 aromatic rings. The van der Waals surface area contributed by atoms with Crippen molar-refractivity contribution in [2.75, 3.05) is 5.33 Å². The highest BCUT2D eigenvalue weighted by atomic mass is 79.9. The summed E-state index contributed by atoms with van der Waals surface area (Å²) in [4.78, 5) is 14.8. The number of aromatic amines is 1. The Morgan fingerprint density at radius 1 is 1.47 bits per heavy atom. The van der Waals surface area contributed by atoms with E-state index in [4.69, 9.17) is 0 Å². The average Bonchev–Trinajstić information content (AvgIpc) is 2.71. The lowest BCUT2D eigenvalue weighted by atomic mass is 10.1. The van der Waals surface area contributed by atoms with E-state index in [1.807, 2.05) is 12.1 Å². The first-order chi connectivity index (χ1) is 7.27. The van der Waals surface area contributed by atoms with Gasteiger partial charge in [0.05, 0.1) is 5.33 Å². The molecule has 1 N–H and O–H groups in total. The van der Waals surface area contributed by atoms with E-state index in [-0.39, 0.29) is 5.78 Å². The molecule has 0 amide bonds. The third kappa shape index (κ3) is 1.72. The summed E-state index contributed by atoms with van der Waals surface area (Å²) in [5.74, 6) is 0.120. The van der Waals surface area contributed by atoms with Crippen molar-refractivity contribution in [3.8, 4) is 0 Å². The van der Waals surface area contributed by atoms with Crippen molar-refractivity contribution in [2.45, 2.75) is 13.3 Å². The standard InChI is InChI=1S/C12H12BrNO/c1-2-8-4-3-5-9-10(11(15)6-13)7-14-12(8)9/h3-5,7,14H,2,6H2,1H3. The molecule has 2 nitrogen and oxygen atoms in total. The van der Waals surface area contributed by atoms with Crippen molar-refractivity contribution in [3.63, 3.8) is 0 Å². The largest absolute Gasteiger partial charge is 0.360 e. The molecule has 0 spiro atoms. The second kappa shape index (κ2) is 4.19. The van der Waals surface area contributed by atoms with Crippen LogP contribution in [0.3, 0.4) is 0 Å². The Balaban J connectivity index is 2.66. The second-order valence-corrected chi connectivity index (χ2v) is 4.01. The number of benzene rings is 1. The van der Waals surface area contributed by atoms with Crippen LogP contribution in [0.15, 0.2) is 24.4 Å². The number of aromatic nitrogens is 1. The van der Waals surface area contributed by atoms with Gasteiger partial charge in [-0.2, -0.15) is 0 Å². The minimum Gasteiger partial charge on any atom is -0.360 e. The third-order valence-electron chi connectivity index (χ3n) is 2.60. The Bertz CT molecular complexity index is 501. The van der Waals surface area contributed by atoms with Gasteiger partial charge in [-0.1, -0.05) is 41.1 Å². The summed E-state index contributed by atoms with van der Waals surface area (Å²) in [5.41, 5.74) is 3.11. The van der Waals surface area contributed by atoms with Gasteiger partial charge in [-0.3, -0.25) is 4.79 Å². The maximum Gasteiger partial charge on any atom is 0.175 e. The molecule has 0 aliphatic rings. The van der Waals surface area contributed by atoms with E-state index in [0.29, 0.717) is 5.33 Å². The quantitative estimate of drug-likeness (QED) is 0.671. The zero-order valence-corrected chi connectivity index (χ0v) is 10.1. The van der Waals surface area contributed by atoms with E-state index < -0.39 is 0 Å². The molecule has 15 heavy (non-hydrogen) atoms. The van der Waals surface area contributed by atoms with Gasteiger partial charge >= 0.3 is 0 Å². The molecule has 2 rings (SSSR count). The number of nitrogens with one attached hydrogen (secondary N) is 1. The zero-order chi connectivity index (χ0) is 10.8. The summed E-state index contributed by atoms with van der Waals surface area (Å²) in [6.07, 6.45) is 2.77. The fourth-order valence-electron chi connectivity index (χ4n) is 1.81. The smallest absolute Gasteiger partial charge is 0.175 e. The Kier molecular flexibility index (Phi) is 2.91. The van der Waals surface area contributed by atoms with Crippen molar-refractivity contribution in [1.29, 1.82) is 0 Å². The molecular weight excluding hydrogens is 254 g/mol. The van der Waals surface area contributed by atoms with E-state index in [1.165, 1.54) is 5.56 Å². The summed E-state index contributed by atoms with van der Waals surface area (Å²) in [5, 5.41) is 1.40. The third-order valence-corrected chi connectivity index (χ3v) is 3.11. The Labute approximate surface area is 96.8 Å². The molecule has 1 heterocycles. The molecule has 0 aliphatic carbocycles. The number of halogens is 1. The molecule has 0 saturated carbocycles. The second-order valence-electron chi connectivity index (χ2n) is 3.45. The number of aryl methyl sites for hydroxylation is 1. The van der Waals surface area contributed by atoms with E-state index in [0.717, 1.165) is 22.9 Å². The molecule has 0 saturated heterocycles. The molecule has 0 unspecified atom stereocenters. The maximum absolute atomic E-state index is 11.6. The highest BCUT2D eigenvalue weighted by molar-refractivity contribution is 9.09. The number of carbonyl (C=O) groups excluding carboxylic acids is 1. The number of hydrogen-bond donors (Lipinski definition) is 1. The fourth-order valence-corrected chi connectivity index (χ4v) is 2.12. The van der Waals surface area contributed by atoms with Gasteiger partial charge in [0.25, 0.3) is 0 Å². The number of carbonyl (C=O) groups is 1. The number of fused-ring (bicyclic) bond motifs is 1. The van der Waals surface area contributed by atoms with Crippen LogP contribution in [0, 0.1) is 0 Å². The normalized spacial score (nSPS) is 10.8. The Hall–Kier alpha value is -1.09. The highest BCUT2D eigenvalue weighted by Crippen LogP contribution is 2.22. The van der Waals surface area contributed by atoms with Crippen LogP contribution in [-0.4, -0.2) is 16.1 Å². The lowest BCUT2D eigenvalue weighted by Crippen LogP contribution is -1.97. The predicted octanol–water partition coefficient (Wildman–Crippen LogP) is 3.31. The van der Waals surface area contributed by atoms with Crippen LogP contribution in [0.4, 0.5) is 0 Å².